The number of nitrogens with zero attached hydrogens (tertiary/aromatic N) is 2. The molecule has 0 aliphatic heterocycles. The minimum absolute atomic E-state index is 0.175. The third-order valence-corrected chi connectivity index (χ3v) is 4.67. The molecule has 2 N–H and O–H groups in total. The van der Waals surface area contributed by atoms with Crippen molar-refractivity contribution in [3.63, 3.8) is 0 Å². The van der Waals surface area contributed by atoms with Crippen LogP contribution in [0.2, 0.25) is 10.0 Å². The topological polar surface area (TPSA) is 59.0 Å². The summed E-state index contributed by atoms with van der Waals surface area (Å²) in [6.45, 7) is 1.92. The molecule has 1 aromatic heterocycles. The lowest BCUT2D eigenvalue weighted by molar-refractivity contribution is 0.240. The highest BCUT2D eigenvalue weighted by atomic mass is 35.5. The molecule has 0 atom stereocenters. The lowest BCUT2D eigenvalue weighted by atomic mass is 10.1. The van der Waals surface area contributed by atoms with Crippen molar-refractivity contribution in [3.05, 3.63) is 64.4 Å². The van der Waals surface area contributed by atoms with Gasteiger partial charge in [0.05, 0.1) is 17.4 Å². The molecule has 136 valence electrons. The molecule has 0 radical (unpaired) electrons. The molecular weight excluding hydrogens is 371 g/mol. The zero-order valence-electron chi connectivity index (χ0n) is 14.2. The van der Waals surface area contributed by atoms with Crippen molar-refractivity contribution in [2.45, 2.75) is 19.4 Å². The molecule has 1 heterocycles. The molecule has 0 aliphatic rings. The average molecular weight is 391 g/mol. The summed E-state index contributed by atoms with van der Waals surface area (Å²) in [7, 11) is 0. The van der Waals surface area contributed by atoms with Gasteiger partial charge in [-0.15, -0.1) is 0 Å². The van der Waals surface area contributed by atoms with Crippen molar-refractivity contribution >= 4 is 40.3 Å². The fourth-order valence-electron chi connectivity index (χ4n) is 2.74. The van der Waals surface area contributed by atoms with Gasteiger partial charge in [0, 0.05) is 29.7 Å². The first-order valence-corrected chi connectivity index (χ1v) is 9.24. The van der Waals surface area contributed by atoms with Crippen LogP contribution in [0.25, 0.3) is 11.0 Å². The average Bonchev–Trinajstić information content (AvgIpc) is 3.04. The maximum absolute atomic E-state index is 11.9. The Morgan fingerprint density at radius 2 is 1.88 bits per heavy atom. The molecule has 7 heteroatoms. The molecule has 0 fully saturated rings. The summed E-state index contributed by atoms with van der Waals surface area (Å²) in [6, 6.07) is 13.2. The minimum atomic E-state index is -0.175. The van der Waals surface area contributed by atoms with E-state index in [1.165, 1.54) is 0 Å². The molecule has 2 amide bonds. The number of halogens is 2. The van der Waals surface area contributed by atoms with E-state index < -0.39 is 0 Å². The Labute approximate surface area is 162 Å². The first-order chi connectivity index (χ1) is 12.6. The Balaban J connectivity index is 1.35. The number of amides is 2. The molecule has 2 aromatic carbocycles. The van der Waals surface area contributed by atoms with Gasteiger partial charge in [0.1, 0.15) is 0 Å². The predicted molar refractivity (Wildman–Crippen MR) is 106 cm³/mol. The first kappa shape index (κ1) is 18.5. The largest absolute Gasteiger partial charge is 0.338 e. The summed E-state index contributed by atoms with van der Waals surface area (Å²) < 4.78 is 2.09. The van der Waals surface area contributed by atoms with Crippen LogP contribution in [0.1, 0.15) is 12.0 Å². The summed E-state index contributed by atoms with van der Waals surface area (Å²) >= 11 is 12.0. The molecular formula is C19H20Cl2N4O. The van der Waals surface area contributed by atoms with Gasteiger partial charge in [0.2, 0.25) is 0 Å². The summed E-state index contributed by atoms with van der Waals surface area (Å²) in [4.78, 5) is 16.2. The standard InChI is InChI=1S/C19H20Cl2N4O/c20-15-7-6-14(16(21)12-15)8-10-23-19(26)22-9-3-11-25-13-24-17-4-1-2-5-18(17)25/h1-2,4-7,12-13H,3,8-11H2,(H2,22,23,26). The molecule has 0 saturated carbocycles. The highest BCUT2D eigenvalue weighted by Crippen LogP contribution is 2.21. The number of carbonyl (C=O) groups is 1. The number of urea groups is 1. The van der Waals surface area contributed by atoms with Crippen LogP contribution in [0.15, 0.2) is 48.8 Å². The van der Waals surface area contributed by atoms with Crippen LogP contribution >= 0.6 is 23.2 Å². The van der Waals surface area contributed by atoms with E-state index in [9.17, 15) is 4.79 Å². The molecule has 3 rings (SSSR count). The van der Waals surface area contributed by atoms with Crippen LogP contribution in [-0.4, -0.2) is 28.7 Å². The quantitative estimate of drug-likeness (QED) is 0.591. The molecule has 26 heavy (non-hydrogen) atoms. The van der Waals surface area contributed by atoms with E-state index in [2.05, 4.69) is 20.2 Å². The van der Waals surface area contributed by atoms with Crippen molar-refractivity contribution in [1.29, 1.82) is 0 Å². The summed E-state index contributed by atoms with van der Waals surface area (Å²) in [6.07, 6.45) is 3.32. The number of aryl methyl sites for hydroxylation is 1. The number of benzene rings is 2. The van der Waals surface area contributed by atoms with Gasteiger partial charge in [-0.25, -0.2) is 9.78 Å². The number of hydrogen-bond donors (Lipinski definition) is 2. The number of carbonyl (C=O) groups excluding carboxylic acids is 1. The van der Waals surface area contributed by atoms with Gasteiger partial charge in [0.15, 0.2) is 0 Å². The number of fused-ring (bicyclic) bond motifs is 1. The molecule has 0 saturated heterocycles. The van der Waals surface area contributed by atoms with E-state index in [0.29, 0.717) is 29.6 Å². The highest BCUT2D eigenvalue weighted by molar-refractivity contribution is 6.35. The Hall–Kier alpha value is -2.24. The van der Waals surface area contributed by atoms with Crippen molar-refractivity contribution in [2.75, 3.05) is 13.1 Å². The zero-order chi connectivity index (χ0) is 18.4. The molecule has 5 nitrogen and oxygen atoms in total. The maximum Gasteiger partial charge on any atom is 0.314 e. The Morgan fingerprint density at radius 1 is 1.08 bits per heavy atom. The van der Waals surface area contributed by atoms with Crippen LogP contribution in [0.4, 0.5) is 4.79 Å². The highest BCUT2D eigenvalue weighted by Gasteiger charge is 2.04. The van der Waals surface area contributed by atoms with Crippen molar-refractivity contribution < 1.29 is 4.79 Å². The van der Waals surface area contributed by atoms with E-state index in [0.717, 1.165) is 29.6 Å². The van der Waals surface area contributed by atoms with Gasteiger partial charge in [-0.05, 0) is 42.7 Å². The molecule has 0 bridgehead atoms. The minimum Gasteiger partial charge on any atom is -0.338 e. The third-order valence-electron chi connectivity index (χ3n) is 4.08. The van der Waals surface area contributed by atoms with E-state index in [1.807, 2.05) is 36.7 Å². The van der Waals surface area contributed by atoms with Gasteiger partial charge in [-0.1, -0.05) is 41.4 Å². The van der Waals surface area contributed by atoms with Crippen molar-refractivity contribution in [1.82, 2.24) is 20.2 Å². The van der Waals surface area contributed by atoms with E-state index in [1.54, 1.807) is 12.1 Å². The summed E-state index contributed by atoms with van der Waals surface area (Å²) in [5.74, 6) is 0. The van der Waals surface area contributed by atoms with Crippen molar-refractivity contribution in [2.24, 2.45) is 0 Å². The SMILES string of the molecule is O=C(NCCCn1cnc2ccccc21)NCCc1ccc(Cl)cc1Cl. The number of hydrogen-bond acceptors (Lipinski definition) is 2. The Morgan fingerprint density at radius 3 is 2.73 bits per heavy atom. The van der Waals surface area contributed by atoms with Gasteiger partial charge in [-0.3, -0.25) is 0 Å². The van der Waals surface area contributed by atoms with Crippen LogP contribution in [0.5, 0.6) is 0 Å². The number of rotatable bonds is 7. The Kier molecular flexibility index (Phi) is 6.36. The number of para-hydroxylation sites is 2. The third kappa shape index (κ3) is 4.90. The molecule has 0 aliphatic carbocycles. The molecule has 0 unspecified atom stereocenters. The number of aromatic nitrogens is 2. The van der Waals surface area contributed by atoms with Crippen molar-refractivity contribution in [3.8, 4) is 0 Å². The molecule has 3 aromatic rings. The summed E-state index contributed by atoms with van der Waals surface area (Å²) in [5, 5.41) is 6.93. The second-order valence-corrected chi connectivity index (χ2v) is 6.79. The number of imidazole rings is 1. The Bertz CT molecular complexity index is 894. The lowest BCUT2D eigenvalue weighted by Crippen LogP contribution is -2.37. The van der Waals surface area contributed by atoms with Crippen LogP contribution in [0, 0.1) is 0 Å². The van der Waals surface area contributed by atoms with Gasteiger partial charge < -0.3 is 15.2 Å². The zero-order valence-corrected chi connectivity index (χ0v) is 15.7. The van der Waals surface area contributed by atoms with E-state index in [-0.39, 0.29) is 6.03 Å². The van der Waals surface area contributed by atoms with Gasteiger partial charge in [0.25, 0.3) is 0 Å². The maximum atomic E-state index is 11.9. The van der Waals surface area contributed by atoms with Crippen LogP contribution in [-0.2, 0) is 13.0 Å². The fourth-order valence-corrected chi connectivity index (χ4v) is 3.24. The van der Waals surface area contributed by atoms with E-state index >= 15 is 0 Å². The monoisotopic (exact) mass is 390 g/mol. The van der Waals surface area contributed by atoms with E-state index in [4.69, 9.17) is 23.2 Å². The smallest absolute Gasteiger partial charge is 0.314 e. The lowest BCUT2D eigenvalue weighted by Gasteiger charge is -2.09. The molecule has 0 spiro atoms. The van der Waals surface area contributed by atoms with Gasteiger partial charge in [-0.2, -0.15) is 0 Å². The predicted octanol–water partition coefficient (Wildman–Crippen LogP) is 4.28. The first-order valence-electron chi connectivity index (χ1n) is 8.49. The van der Waals surface area contributed by atoms with Crippen LogP contribution < -0.4 is 10.6 Å². The normalized spacial score (nSPS) is 10.8. The second-order valence-electron chi connectivity index (χ2n) is 5.95. The van der Waals surface area contributed by atoms with Crippen LogP contribution in [0.3, 0.4) is 0 Å². The number of nitrogens with one attached hydrogen (secondary N) is 2. The fraction of sp³-hybridized carbons (Fsp3) is 0.263. The summed E-state index contributed by atoms with van der Waals surface area (Å²) in [5.41, 5.74) is 3.05. The second kappa shape index (κ2) is 8.92. The van der Waals surface area contributed by atoms with Gasteiger partial charge >= 0.3 is 6.03 Å².